The summed E-state index contributed by atoms with van der Waals surface area (Å²) in [7, 11) is 0. The maximum absolute atomic E-state index is 2.43. The molecule has 2 heteroatoms. The largest absolute Gasteiger partial charge is 0.135 e. The zero-order valence-corrected chi connectivity index (χ0v) is 28.5. The van der Waals surface area contributed by atoms with Crippen molar-refractivity contribution < 1.29 is 0 Å². The predicted octanol–water partition coefficient (Wildman–Crippen LogP) is 15.0. The van der Waals surface area contributed by atoms with Crippen molar-refractivity contribution in [3.63, 3.8) is 0 Å². The Balaban J connectivity index is 1.09. The van der Waals surface area contributed by atoms with Crippen LogP contribution >= 0.6 is 22.7 Å². The van der Waals surface area contributed by atoms with Crippen LogP contribution in [-0.2, 0) is 0 Å². The quantitative estimate of drug-likeness (QED) is 0.161. The van der Waals surface area contributed by atoms with E-state index >= 15 is 0 Å². The molecule has 2 aromatic heterocycles. The van der Waals surface area contributed by atoms with Crippen LogP contribution < -0.4 is 0 Å². The number of benzene rings is 10. The molecule has 0 unspecified atom stereocenters. The Kier molecular flexibility index (Phi) is 5.35. The average Bonchev–Trinajstić information content (AvgIpc) is 3.75. The molecular weight excluding hydrogens is 641 g/mol. The molecule has 230 valence electrons. The highest BCUT2D eigenvalue weighted by molar-refractivity contribution is 7.26. The van der Waals surface area contributed by atoms with E-state index in [9.17, 15) is 0 Å². The third-order valence-electron chi connectivity index (χ3n) is 11.0. The first-order valence-corrected chi connectivity index (χ1v) is 18.8. The van der Waals surface area contributed by atoms with E-state index in [0.717, 1.165) is 0 Å². The minimum absolute atomic E-state index is 1.27. The van der Waals surface area contributed by atoms with Crippen molar-refractivity contribution in [1.29, 1.82) is 0 Å². The van der Waals surface area contributed by atoms with Crippen LogP contribution in [0.1, 0.15) is 0 Å². The highest BCUT2D eigenvalue weighted by atomic mass is 32.1. The molecule has 0 amide bonds. The second kappa shape index (κ2) is 9.89. The lowest BCUT2D eigenvalue weighted by atomic mass is 9.87. The maximum atomic E-state index is 2.43. The van der Waals surface area contributed by atoms with E-state index in [-0.39, 0.29) is 0 Å². The fourth-order valence-corrected chi connectivity index (χ4v) is 10.9. The summed E-state index contributed by atoms with van der Waals surface area (Å²) in [5.41, 5.74) is 5.12. The lowest BCUT2D eigenvalue weighted by molar-refractivity contribution is 1.71. The molecule has 0 N–H and O–H groups in total. The van der Waals surface area contributed by atoms with E-state index in [2.05, 4.69) is 158 Å². The minimum atomic E-state index is 1.27. The number of fused-ring (bicyclic) bond motifs is 10. The third-order valence-corrected chi connectivity index (χ3v) is 13.3. The van der Waals surface area contributed by atoms with Gasteiger partial charge in [-0.05, 0) is 113 Å². The van der Waals surface area contributed by atoms with E-state index < -0.39 is 0 Å². The van der Waals surface area contributed by atoms with Gasteiger partial charge in [0.2, 0.25) is 0 Å². The molecular formula is C48H26S2. The Morgan fingerprint density at radius 2 is 0.680 bits per heavy atom. The normalized spacial score (nSPS) is 12.4. The number of hydrogen-bond donors (Lipinski definition) is 0. The van der Waals surface area contributed by atoms with Crippen LogP contribution in [0.3, 0.4) is 0 Å². The molecule has 0 aliphatic heterocycles. The summed E-state index contributed by atoms with van der Waals surface area (Å²) in [5, 5.41) is 18.6. The summed E-state index contributed by atoms with van der Waals surface area (Å²) in [5.74, 6) is 0. The SMILES string of the molecule is c1ccc2c(c1)ccc1sc3ccc(-c4ccc5ccc6c(-c7ccc8sc9ccc%10ccccc%10c9c8c7)ccc7ccc4c5c76)cc3c12. The lowest BCUT2D eigenvalue weighted by Gasteiger charge is -2.17. The molecule has 0 radical (unpaired) electrons. The topological polar surface area (TPSA) is 0 Å². The predicted molar refractivity (Wildman–Crippen MR) is 222 cm³/mol. The van der Waals surface area contributed by atoms with E-state index in [1.807, 2.05) is 22.7 Å². The van der Waals surface area contributed by atoms with Gasteiger partial charge in [-0.15, -0.1) is 22.7 Å². The van der Waals surface area contributed by atoms with Crippen molar-refractivity contribution in [2.45, 2.75) is 0 Å². The summed E-state index contributed by atoms with van der Waals surface area (Å²) < 4.78 is 5.37. The van der Waals surface area contributed by atoms with Gasteiger partial charge in [0.1, 0.15) is 0 Å². The zero-order chi connectivity index (χ0) is 32.5. The van der Waals surface area contributed by atoms with E-state index in [1.165, 1.54) is 116 Å². The van der Waals surface area contributed by atoms with Crippen LogP contribution in [0.4, 0.5) is 0 Å². The molecule has 0 aliphatic carbocycles. The van der Waals surface area contributed by atoms with Gasteiger partial charge in [-0.2, -0.15) is 0 Å². The van der Waals surface area contributed by atoms with Gasteiger partial charge in [-0.3, -0.25) is 0 Å². The van der Waals surface area contributed by atoms with Crippen LogP contribution in [0.2, 0.25) is 0 Å². The fourth-order valence-electron chi connectivity index (χ4n) is 8.73. The Labute approximate surface area is 295 Å². The first kappa shape index (κ1) is 27.1. The fraction of sp³-hybridized carbons (Fsp3) is 0. The van der Waals surface area contributed by atoms with Gasteiger partial charge in [0.25, 0.3) is 0 Å². The molecule has 10 aromatic carbocycles. The summed E-state index contributed by atoms with van der Waals surface area (Å²) in [6.07, 6.45) is 0. The van der Waals surface area contributed by atoms with E-state index in [4.69, 9.17) is 0 Å². The summed E-state index contributed by atoms with van der Waals surface area (Å²) >= 11 is 3.78. The summed E-state index contributed by atoms with van der Waals surface area (Å²) in [4.78, 5) is 0. The second-order valence-electron chi connectivity index (χ2n) is 13.6. The number of rotatable bonds is 2. The van der Waals surface area contributed by atoms with Crippen LogP contribution in [0.25, 0.3) is 116 Å². The van der Waals surface area contributed by atoms with Crippen molar-refractivity contribution in [3.05, 3.63) is 158 Å². The number of hydrogen-bond acceptors (Lipinski definition) is 2. The van der Waals surface area contributed by atoms with Crippen LogP contribution in [0.15, 0.2) is 158 Å². The van der Waals surface area contributed by atoms with Crippen LogP contribution in [0, 0.1) is 0 Å². The molecule has 0 spiro atoms. The van der Waals surface area contributed by atoms with Gasteiger partial charge < -0.3 is 0 Å². The molecule has 2 heterocycles. The molecule has 0 aliphatic rings. The standard InChI is InChI=1S/C48H26S2/c1-3-7-35-27(5-1)13-23-43-47(35)39-25-31(15-21-41(39)49-43)33-17-9-29-12-20-38-34(18-10-30-11-19-37(33)45(29)46(30)38)32-16-22-42-40(26-32)48-36-8-4-2-6-28(36)14-24-44(48)50-42/h1-26H. The molecule has 0 nitrogen and oxygen atoms in total. The first-order valence-electron chi connectivity index (χ1n) is 17.2. The molecule has 0 fully saturated rings. The molecule has 0 atom stereocenters. The Morgan fingerprint density at radius 1 is 0.260 bits per heavy atom. The highest BCUT2D eigenvalue weighted by Gasteiger charge is 2.17. The van der Waals surface area contributed by atoms with Gasteiger partial charge in [-0.25, -0.2) is 0 Å². The van der Waals surface area contributed by atoms with E-state index in [0.29, 0.717) is 0 Å². The van der Waals surface area contributed by atoms with Crippen molar-refractivity contribution >= 4 is 117 Å². The van der Waals surface area contributed by atoms with E-state index in [1.54, 1.807) is 0 Å². The minimum Gasteiger partial charge on any atom is -0.135 e. The van der Waals surface area contributed by atoms with Crippen molar-refractivity contribution in [3.8, 4) is 22.3 Å². The molecule has 50 heavy (non-hydrogen) atoms. The molecule has 0 saturated heterocycles. The molecule has 12 rings (SSSR count). The maximum Gasteiger partial charge on any atom is 0.0361 e. The Bertz CT molecular complexity index is 3150. The Hall–Kier alpha value is -5.80. The summed E-state index contributed by atoms with van der Waals surface area (Å²) in [6, 6.07) is 59.5. The third kappa shape index (κ3) is 3.64. The second-order valence-corrected chi connectivity index (χ2v) is 15.8. The molecule has 0 bridgehead atoms. The molecule has 12 aromatic rings. The van der Waals surface area contributed by atoms with Gasteiger partial charge in [0.05, 0.1) is 0 Å². The highest BCUT2D eigenvalue weighted by Crippen LogP contribution is 2.46. The zero-order valence-electron chi connectivity index (χ0n) is 26.8. The van der Waals surface area contributed by atoms with Crippen molar-refractivity contribution in [1.82, 2.24) is 0 Å². The van der Waals surface area contributed by atoms with Gasteiger partial charge in [-0.1, -0.05) is 121 Å². The van der Waals surface area contributed by atoms with Crippen molar-refractivity contribution in [2.24, 2.45) is 0 Å². The number of thiophene rings is 2. The van der Waals surface area contributed by atoms with Gasteiger partial charge in [0, 0.05) is 40.3 Å². The van der Waals surface area contributed by atoms with Gasteiger partial charge >= 0.3 is 0 Å². The smallest absolute Gasteiger partial charge is 0.0361 e. The van der Waals surface area contributed by atoms with Gasteiger partial charge in [0.15, 0.2) is 0 Å². The van der Waals surface area contributed by atoms with Crippen LogP contribution in [0.5, 0.6) is 0 Å². The first-order chi connectivity index (χ1) is 24.8. The van der Waals surface area contributed by atoms with Crippen molar-refractivity contribution in [2.75, 3.05) is 0 Å². The van der Waals surface area contributed by atoms with Crippen LogP contribution in [-0.4, -0.2) is 0 Å². The average molecular weight is 667 g/mol. The monoisotopic (exact) mass is 666 g/mol. The molecule has 0 saturated carbocycles. The lowest BCUT2D eigenvalue weighted by Crippen LogP contribution is -1.89. The summed E-state index contributed by atoms with van der Waals surface area (Å²) in [6.45, 7) is 0. The Morgan fingerprint density at radius 3 is 1.18 bits per heavy atom.